The third kappa shape index (κ3) is 8.61. The molecule has 2 aliphatic heterocycles. The molecule has 5 rings (SSSR count). The van der Waals surface area contributed by atoms with Gasteiger partial charge in [-0.25, -0.2) is 0 Å². The van der Waals surface area contributed by atoms with E-state index >= 15 is 0 Å². The van der Waals surface area contributed by atoms with Gasteiger partial charge in [0.15, 0.2) is 6.29 Å². The van der Waals surface area contributed by atoms with Crippen molar-refractivity contribution in [3.8, 4) is 0 Å². The minimum atomic E-state index is -5.03. The average molecular weight is 670 g/mol. The van der Waals surface area contributed by atoms with Gasteiger partial charge in [0.05, 0.1) is 24.9 Å². The number of amides is 2. The number of nitrogens with zero attached hydrogens (tertiary/aromatic N) is 2. The SMILES string of the molecule is C[C@@H]([C@H](O)c1ccccc1)N(C)C[C@H]1C[C@@H](c2ccc(CO)cc2)O[C@@H](c2ccc(CNC(=O)[C@@H]3CCCN3C(=O)C(F)(F)F)cc2)O1. The molecule has 3 N–H and O–H groups in total. The molecule has 3 aromatic rings. The van der Waals surface area contributed by atoms with Crippen LogP contribution in [-0.4, -0.2) is 76.3 Å². The second-order valence-electron chi connectivity index (χ2n) is 12.5. The summed E-state index contributed by atoms with van der Waals surface area (Å²) in [6, 6.07) is 22.9. The van der Waals surface area contributed by atoms with E-state index in [0.717, 1.165) is 22.3 Å². The van der Waals surface area contributed by atoms with Crippen molar-refractivity contribution in [2.45, 2.75) is 82.2 Å². The highest BCUT2D eigenvalue weighted by Crippen LogP contribution is 2.38. The topological polar surface area (TPSA) is 112 Å². The van der Waals surface area contributed by atoms with Crippen molar-refractivity contribution >= 4 is 11.8 Å². The molecule has 3 aromatic carbocycles. The predicted molar refractivity (Wildman–Crippen MR) is 171 cm³/mol. The minimum absolute atomic E-state index is 0.0655. The van der Waals surface area contributed by atoms with E-state index in [1.54, 1.807) is 12.1 Å². The Morgan fingerprint density at radius 3 is 2.27 bits per heavy atom. The van der Waals surface area contributed by atoms with Crippen molar-refractivity contribution in [1.29, 1.82) is 0 Å². The first-order valence-corrected chi connectivity index (χ1v) is 16.1. The van der Waals surface area contributed by atoms with Gasteiger partial charge in [-0.3, -0.25) is 14.5 Å². The van der Waals surface area contributed by atoms with Crippen LogP contribution >= 0.6 is 0 Å². The van der Waals surface area contributed by atoms with E-state index in [9.17, 15) is 33.0 Å². The van der Waals surface area contributed by atoms with E-state index in [-0.39, 0.29) is 44.4 Å². The van der Waals surface area contributed by atoms with Crippen LogP contribution in [0, 0.1) is 0 Å². The number of likely N-dealkylation sites (tertiary alicyclic amines) is 1. The van der Waals surface area contributed by atoms with Crippen molar-refractivity contribution in [2.75, 3.05) is 20.1 Å². The van der Waals surface area contributed by atoms with Gasteiger partial charge in [0.1, 0.15) is 6.04 Å². The molecule has 0 aromatic heterocycles. The Morgan fingerprint density at radius 2 is 1.62 bits per heavy atom. The molecular weight excluding hydrogens is 627 g/mol. The lowest BCUT2D eigenvalue weighted by atomic mass is 9.98. The molecule has 0 spiro atoms. The molecule has 12 heteroatoms. The standard InChI is InChI=1S/C36H42F3N3O6/c1-23(32(44)27-7-4-3-5-8-27)41(2)21-29-19-31(26-14-12-25(22-43)13-15-26)48-34(47-29)28-16-10-24(11-17-28)20-40-33(45)30-9-6-18-42(30)35(46)36(37,38)39/h3-5,7-8,10-17,23,29-32,34,43-44H,6,9,18-22H2,1-2H3,(H,40,45)/t23-,29+,30-,31-,32-,34-/m0/s1. The molecule has 48 heavy (non-hydrogen) atoms. The molecule has 0 aliphatic carbocycles. The summed E-state index contributed by atoms with van der Waals surface area (Å²) in [5.74, 6) is -2.62. The summed E-state index contributed by atoms with van der Waals surface area (Å²) < 4.78 is 51.8. The van der Waals surface area contributed by atoms with Gasteiger partial charge in [0, 0.05) is 37.7 Å². The molecule has 0 bridgehead atoms. The summed E-state index contributed by atoms with van der Waals surface area (Å²) in [6.45, 7) is 2.39. The van der Waals surface area contributed by atoms with Gasteiger partial charge in [-0.2, -0.15) is 13.2 Å². The monoisotopic (exact) mass is 669 g/mol. The van der Waals surface area contributed by atoms with Crippen molar-refractivity contribution in [1.82, 2.24) is 15.1 Å². The number of aliphatic hydroxyl groups is 2. The summed E-state index contributed by atoms with van der Waals surface area (Å²) in [5, 5.41) is 23.2. The van der Waals surface area contributed by atoms with Gasteiger partial charge in [0.25, 0.3) is 0 Å². The lowest BCUT2D eigenvalue weighted by molar-refractivity contribution is -0.253. The summed E-state index contributed by atoms with van der Waals surface area (Å²) in [5.41, 5.74) is 4.01. The normalized spacial score (nSPS) is 22.8. The van der Waals surface area contributed by atoms with Crippen molar-refractivity contribution < 1.29 is 42.4 Å². The van der Waals surface area contributed by atoms with E-state index < -0.39 is 36.4 Å². The molecule has 6 atom stereocenters. The average Bonchev–Trinajstić information content (AvgIpc) is 3.60. The Balaban J connectivity index is 1.25. The number of carbonyl (C=O) groups excluding carboxylic acids is 2. The van der Waals surface area contributed by atoms with Crippen molar-refractivity contribution in [3.05, 3.63) is 107 Å². The molecule has 2 aliphatic rings. The molecule has 2 heterocycles. The second kappa shape index (κ2) is 15.6. The first-order valence-electron chi connectivity index (χ1n) is 16.1. The first kappa shape index (κ1) is 35.5. The highest BCUT2D eigenvalue weighted by molar-refractivity contribution is 5.90. The Bertz CT molecular complexity index is 1510. The fraction of sp³-hybridized carbons (Fsp3) is 0.444. The fourth-order valence-electron chi connectivity index (χ4n) is 6.24. The van der Waals surface area contributed by atoms with E-state index in [4.69, 9.17) is 9.47 Å². The number of carbonyl (C=O) groups is 2. The Kier molecular flexibility index (Phi) is 11.5. The molecule has 2 saturated heterocycles. The Labute approximate surface area is 278 Å². The lowest BCUT2D eigenvalue weighted by Crippen LogP contribution is -2.50. The fourth-order valence-corrected chi connectivity index (χ4v) is 6.24. The van der Waals surface area contributed by atoms with Crippen LogP contribution in [0.5, 0.6) is 0 Å². The third-order valence-corrected chi connectivity index (χ3v) is 9.18. The quantitative estimate of drug-likeness (QED) is 0.265. The lowest BCUT2D eigenvalue weighted by Gasteiger charge is -2.39. The van der Waals surface area contributed by atoms with Gasteiger partial charge < -0.3 is 29.9 Å². The predicted octanol–water partition coefficient (Wildman–Crippen LogP) is 4.95. The second-order valence-corrected chi connectivity index (χ2v) is 12.5. The maximum atomic E-state index is 13.0. The van der Waals surface area contributed by atoms with Gasteiger partial charge in [-0.15, -0.1) is 0 Å². The van der Waals surface area contributed by atoms with Crippen LogP contribution in [0.2, 0.25) is 0 Å². The summed E-state index contributed by atoms with van der Waals surface area (Å²) in [6.07, 6.45) is -5.95. The highest BCUT2D eigenvalue weighted by Gasteiger charge is 2.47. The molecule has 258 valence electrons. The Morgan fingerprint density at radius 1 is 0.979 bits per heavy atom. The van der Waals surface area contributed by atoms with Crippen LogP contribution in [0.3, 0.4) is 0 Å². The number of hydrogen-bond donors (Lipinski definition) is 3. The molecule has 0 radical (unpaired) electrons. The number of halogens is 3. The van der Waals surface area contributed by atoms with E-state index in [2.05, 4.69) is 10.2 Å². The zero-order valence-corrected chi connectivity index (χ0v) is 27.0. The molecular formula is C36H42F3N3O6. The summed E-state index contributed by atoms with van der Waals surface area (Å²) in [4.78, 5) is 27.2. The number of rotatable bonds is 11. The Hall–Kier alpha value is -3.81. The van der Waals surface area contributed by atoms with E-state index in [0.29, 0.717) is 29.8 Å². The highest BCUT2D eigenvalue weighted by atomic mass is 19.4. The number of alkyl halides is 3. The van der Waals surface area contributed by atoms with E-state index in [1.807, 2.05) is 80.7 Å². The van der Waals surface area contributed by atoms with Crippen molar-refractivity contribution in [2.24, 2.45) is 0 Å². The first-order chi connectivity index (χ1) is 22.9. The number of aliphatic hydroxyl groups excluding tert-OH is 2. The van der Waals surface area contributed by atoms with E-state index in [1.165, 1.54) is 0 Å². The minimum Gasteiger partial charge on any atom is -0.392 e. The molecule has 2 fully saturated rings. The van der Waals surface area contributed by atoms with Crippen LogP contribution in [0.15, 0.2) is 78.9 Å². The molecule has 9 nitrogen and oxygen atoms in total. The molecule has 0 saturated carbocycles. The van der Waals surface area contributed by atoms with Crippen LogP contribution in [-0.2, 0) is 32.2 Å². The maximum absolute atomic E-state index is 13.0. The number of ether oxygens (including phenoxy) is 2. The molecule has 2 amide bonds. The van der Waals surface area contributed by atoms with Crippen LogP contribution in [0.25, 0.3) is 0 Å². The number of hydrogen-bond acceptors (Lipinski definition) is 7. The zero-order chi connectivity index (χ0) is 34.4. The van der Waals surface area contributed by atoms with Gasteiger partial charge >= 0.3 is 12.1 Å². The maximum Gasteiger partial charge on any atom is 0.471 e. The number of benzene rings is 3. The van der Waals surface area contributed by atoms with Gasteiger partial charge in [-0.1, -0.05) is 78.9 Å². The zero-order valence-electron chi connectivity index (χ0n) is 27.0. The van der Waals surface area contributed by atoms with Gasteiger partial charge in [-0.05, 0) is 49.1 Å². The van der Waals surface area contributed by atoms with Crippen molar-refractivity contribution in [3.63, 3.8) is 0 Å². The van der Waals surface area contributed by atoms with Crippen LogP contribution in [0.1, 0.15) is 72.5 Å². The summed E-state index contributed by atoms with van der Waals surface area (Å²) >= 11 is 0. The molecule has 0 unspecified atom stereocenters. The largest absolute Gasteiger partial charge is 0.471 e. The van der Waals surface area contributed by atoms with Crippen LogP contribution in [0.4, 0.5) is 13.2 Å². The van der Waals surface area contributed by atoms with Crippen LogP contribution < -0.4 is 5.32 Å². The summed E-state index contributed by atoms with van der Waals surface area (Å²) in [7, 11) is 1.95. The van der Waals surface area contributed by atoms with Gasteiger partial charge in [0.2, 0.25) is 5.91 Å². The number of likely N-dealkylation sites (N-methyl/N-ethyl adjacent to an activating group) is 1. The smallest absolute Gasteiger partial charge is 0.392 e. The number of nitrogens with one attached hydrogen (secondary N) is 1. The third-order valence-electron chi connectivity index (χ3n) is 9.18.